The van der Waals surface area contributed by atoms with E-state index in [9.17, 15) is 8.78 Å². The lowest BCUT2D eigenvalue weighted by molar-refractivity contribution is 0.0215. The predicted octanol–water partition coefficient (Wildman–Crippen LogP) is 2.12. The van der Waals surface area contributed by atoms with Gasteiger partial charge in [0, 0.05) is 6.54 Å². The fourth-order valence-electron chi connectivity index (χ4n) is 0.997. The predicted molar refractivity (Wildman–Crippen MR) is 61.7 cm³/mol. The van der Waals surface area contributed by atoms with Gasteiger partial charge in [0.05, 0.1) is 23.0 Å². The number of nitrogens with zero attached hydrogens (tertiary/aromatic N) is 1. The van der Waals surface area contributed by atoms with E-state index in [2.05, 4.69) is 26.2 Å². The molecule has 0 atom stereocenters. The van der Waals surface area contributed by atoms with E-state index in [0.29, 0.717) is 18.1 Å². The van der Waals surface area contributed by atoms with Gasteiger partial charge in [0.1, 0.15) is 12.4 Å². The average molecular weight is 296 g/mol. The number of nitrogens with one attached hydrogen (secondary N) is 1. The normalized spacial score (nSPS) is 10.8. The minimum Gasteiger partial charge on any atom is -0.397 e. The van der Waals surface area contributed by atoms with Crippen LogP contribution in [0.25, 0.3) is 0 Å². The van der Waals surface area contributed by atoms with Gasteiger partial charge in [-0.15, -0.1) is 0 Å². The molecule has 16 heavy (non-hydrogen) atoms. The van der Waals surface area contributed by atoms with Crippen molar-refractivity contribution in [3.63, 3.8) is 0 Å². The summed E-state index contributed by atoms with van der Waals surface area (Å²) >= 11 is 3.27. The van der Waals surface area contributed by atoms with Gasteiger partial charge in [0.15, 0.2) is 0 Å². The van der Waals surface area contributed by atoms with Crippen LogP contribution in [0.1, 0.15) is 0 Å². The van der Waals surface area contributed by atoms with Crippen molar-refractivity contribution in [1.82, 2.24) is 4.98 Å². The lowest BCUT2D eigenvalue weighted by atomic mass is 10.4. The average Bonchev–Trinajstić information content (AvgIpc) is 2.20. The SMILES string of the molecule is Nc1cnc(NCCOCC(F)F)c(Br)c1. The maximum absolute atomic E-state index is 11.7. The number of pyridine rings is 1. The van der Waals surface area contributed by atoms with Gasteiger partial charge in [-0.25, -0.2) is 13.8 Å². The zero-order chi connectivity index (χ0) is 12.0. The smallest absolute Gasteiger partial charge is 0.261 e. The first kappa shape index (κ1) is 13.1. The molecule has 0 saturated carbocycles. The molecule has 1 aromatic rings. The Kier molecular flexibility index (Phi) is 5.41. The molecule has 3 N–H and O–H groups in total. The van der Waals surface area contributed by atoms with Crippen molar-refractivity contribution < 1.29 is 13.5 Å². The number of hydrogen-bond acceptors (Lipinski definition) is 4. The second-order valence-corrected chi connectivity index (χ2v) is 3.85. The number of alkyl halides is 2. The monoisotopic (exact) mass is 295 g/mol. The molecule has 0 bridgehead atoms. The summed E-state index contributed by atoms with van der Waals surface area (Å²) in [5, 5.41) is 2.93. The van der Waals surface area contributed by atoms with Crippen molar-refractivity contribution in [2.75, 3.05) is 30.8 Å². The van der Waals surface area contributed by atoms with E-state index < -0.39 is 13.0 Å². The van der Waals surface area contributed by atoms with Crippen LogP contribution in [-0.2, 0) is 4.74 Å². The Hall–Kier alpha value is -0.950. The summed E-state index contributed by atoms with van der Waals surface area (Å²) in [6, 6.07) is 1.70. The molecule has 0 aliphatic heterocycles. The topological polar surface area (TPSA) is 60.2 Å². The molecule has 0 radical (unpaired) electrons. The lowest BCUT2D eigenvalue weighted by Gasteiger charge is -2.08. The number of ether oxygens (including phenoxy) is 1. The van der Waals surface area contributed by atoms with Gasteiger partial charge in [0.25, 0.3) is 6.43 Å². The Morgan fingerprint density at radius 1 is 1.56 bits per heavy atom. The molecule has 0 spiro atoms. The van der Waals surface area contributed by atoms with Gasteiger partial charge in [0.2, 0.25) is 0 Å². The quantitative estimate of drug-likeness (QED) is 0.789. The van der Waals surface area contributed by atoms with Crippen molar-refractivity contribution >= 4 is 27.4 Å². The molecular formula is C9H12BrF2N3O. The second-order valence-electron chi connectivity index (χ2n) is 2.99. The largest absolute Gasteiger partial charge is 0.397 e. The number of hydrogen-bond donors (Lipinski definition) is 2. The van der Waals surface area contributed by atoms with E-state index >= 15 is 0 Å². The van der Waals surface area contributed by atoms with Crippen LogP contribution in [-0.4, -0.2) is 31.2 Å². The van der Waals surface area contributed by atoms with Crippen LogP contribution in [0.15, 0.2) is 16.7 Å². The van der Waals surface area contributed by atoms with Gasteiger partial charge in [-0.05, 0) is 22.0 Å². The molecule has 0 saturated heterocycles. The fraction of sp³-hybridized carbons (Fsp3) is 0.444. The van der Waals surface area contributed by atoms with Crippen LogP contribution >= 0.6 is 15.9 Å². The van der Waals surface area contributed by atoms with Gasteiger partial charge < -0.3 is 15.8 Å². The molecule has 90 valence electrons. The zero-order valence-electron chi connectivity index (χ0n) is 8.42. The lowest BCUT2D eigenvalue weighted by Crippen LogP contribution is -2.14. The summed E-state index contributed by atoms with van der Waals surface area (Å²) < 4.78 is 28.9. The molecule has 1 heterocycles. The number of halogens is 3. The van der Waals surface area contributed by atoms with Crippen LogP contribution in [0.3, 0.4) is 0 Å². The Bertz CT molecular complexity index is 339. The summed E-state index contributed by atoms with van der Waals surface area (Å²) in [4.78, 5) is 4.02. The van der Waals surface area contributed by atoms with Gasteiger partial charge in [-0.3, -0.25) is 0 Å². The highest BCUT2D eigenvalue weighted by Crippen LogP contribution is 2.21. The molecule has 0 unspecified atom stereocenters. The molecule has 7 heteroatoms. The van der Waals surface area contributed by atoms with E-state index in [0.717, 1.165) is 4.47 Å². The Balaban J connectivity index is 2.27. The maximum atomic E-state index is 11.7. The fourth-order valence-corrected chi connectivity index (χ4v) is 1.50. The molecule has 0 fully saturated rings. The molecule has 0 aliphatic carbocycles. The van der Waals surface area contributed by atoms with Crippen LogP contribution < -0.4 is 11.1 Å². The summed E-state index contributed by atoms with van der Waals surface area (Å²) in [5.41, 5.74) is 6.06. The molecule has 0 aromatic carbocycles. The van der Waals surface area contributed by atoms with Gasteiger partial charge in [-0.1, -0.05) is 0 Å². The van der Waals surface area contributed by atoms with Gasteiger partial charge >= 0.3 is 0 Å². The van der Waals surface area contributed by atoms with Crippen molar-refractivity contribution in [3.05, 3.63) is 16.7 Å². The highest BCUT2D eigenvalue weighted by atomic mass is 79.9. The van der Waals surface area contributed by atoms with Crippen molar-refractivity contribution in [2.45, 2.75) is 6.43 Å². The Morgan fingerprint density at radius 3 is 2.94 bits per heavy atom. The Morgan fingerprint density at radius 2 is 2.31 bits per heavy atom. The number of nitrogen functional groups attached to an aromatic ring is 1. The summed E-state index contributed by atoms with van der Waals surface area (Å²) in [6.45, 7) is 0.0586. The van der Waals surface area contributed by atoms with Crippen molar-refractivity contribution in [1.29, 1.82) is 0 Å². The van der Waals surface area contributed by atoms with E-state index in [1.54, 1.807) is 6.07 Å². The summed E-state index contributed by atoms with van der Waals surface area (Å²) in [7, 11) is 0. The third-order valence-electron chi connectivity index (χ3n) is 1.65. The number of anilines is 2. The maximum Gasteiger partial charge on any atom is 0.261 e. The molecular weight excluding hydrogens is 284 g/mol. The standard InChI is InChI=1S/C9H12BrF2N3O/c10-7-3-6(13)4-15-9(7)14-1-2-16-5-8(11)12/h3-4,8H,1-2,5,13H2,(H,14,15). The van der Waals surface area contributed by atoms with Crippen molar-refractivity contribution in [3.8, 4) is 0 Å². The van der Waals surface area contributed by atoms with Crippen LogP contribution in [0.2, 0.25) is 0 Å². The van der Waals surface area contributed by atoms with Crippen LogP contribution in [0.4, 0.5) is 20.3 Å². The van der Waals surface area contributed by atoms with Crippen LogP contribution in [0.5, 0.6) is 0 Å². The molecule has 0 aliphatic rings. The third-order valence-corrected chi connectivity index (χ3v) is 2.25. The molecule has 4 nitrogen and oxygen atoms in total. The van der Waals surface area contributed by atoms with E-state index in [4.69, 9.17) is 10.5 Å². The minimum absolute atomic E-state index is 0.197. The first-order chi connectivity index (χ1) is 7.59. The molecule has 1 rings (SSSR count). The van der Waals surface area contributed by atoms with E-state index in [-0.39, 0.29) is 6.61 Å². The van der Waals surface area contributed by atoms with Crippen LogP contribution in [0, 0.1) is 0 Å². The molecule has 0 amide bonds. The molecule has 1 aromatic heterocycles. The minimum atomic E-state index is -2.43. The van der Waals surface area contributed by atoms with E-state index in [1.165, 1.54) is 6.20 Å². The number of rotatable bonds is 6. The van der Waals surface area contributed by atoms with E-state index in [1.807, 2.05) is 0 Å². The number of nitrogens with two attached hydrogens (primary N) is 1. The van der Waals surface area contributed by atoms with Gasteiger partial charge in [-0.2, -0.15) is 0 Å². The summed E-state index contributed by atoms with van der Waals surface area (Å²) in [5.74, 6) is 0.606. The summed E-state index contributed by atoms with van der Waals surface area (Å²) in [6.07, 6.45) is -0.922. The van der Waals surface area contributed by atoms with Crippen molar-refractivity contribution in [2.24, 2.45) is 0 Å². The number of aromatic nitrogens is 1. The Labute approximate surface area is 100 Å². The first-order valence-corrected chi connectivity index (χ1v) is 5.39. The highest BCUT2D eigenvalue weighted by molar-refractivity contribution is 9.10. The first-order valence-electron chi connectivity index (χ1n) is 4.60. The highest BCUT2D eigenvalue weighted by Gasteiger charge is 2.03. The zero-order valence-corrected chi connectivity index (χ0v) is 10.0. The third kappa shape index (κ3) is 4.71. The second kappa shape index (κ2) is 6.59.